The van der Waals surface area contributed by atoms with Crippen LogP contribution in [0.25, 0.3) is 0 Å². The zero-order chi connectivity index (χ0) is 15.4. The van der Waals surface area contributed by atoms with Crippen molar-refractivity contribution in [3.8, 4) is 0 Å². The van der Waals surface area contributed by atoms with Gasteiger partial charge in [0.2, 0.25) is 0 Å². The normalized spacial score (nSPS) is 18.1. The summed E-state index contributed by atoms with van der Waals surface area (Å²) in [6.45, 7) is 1.09. The van der Waals surface area contributed by atoms with Gasteiger partial charge in [0.15, 0.2) is 0 Å². The molecule has 0 saturated carbocycles. The van der Waals surface area contributed by atoms with Crippen LogP contribution in [0, 0.1) is 16.0 Å². The molecular weight excluding hydrogens is 274 g/mol. The van der Waals surface area contributed by atoms with E-state index in [1.54, 1.807) is 0 Å². The Labute approximate surface area is 122 Å². The van der Waals surface area contributed by atoms with Crippen molar-refractivity contribution in [2.45, 2.75) is 12.8 Å². The van der Waals surface area contributed by atoms with Crippen LogP contribution in [-0.4, -0.2) is 37.3 Å². The molecular formula is C14H17N3O4. The summed E-state index contributed by atoms with van der Waals surface area (Å²) in [4.78, 5) is 35.2. The van der Waals surface area contributed by atoms with E-state index in [4.69, 9.17) is 0 Å². The zero-order valence-corrected chi connectivity index (χ0v) is 11.7. The number of carbonyl (C=O) groups excluding carboxylic acids is 2. The number of nitrogens with one attached hydrogen (secondary N) is 1. The Morgan fingerprint density at radius 2 is 2.29 bits per heavy atom. The minimum atomic E-state index is -0.465. The SMILES string of the molecule is CNC(=O)c1ccc([N+](=O)[O-])c(N2CCCC(C=O)C2)c1. The van der Waals surface area contributed by atoms with E-state index >= 15 is 0 Å². The molecule has 1 atom stereocenters. The first-order chi connectivity index (χ1) is 10.1. The van der Waals surface area contributed by atoms with E-state index < -0.39 is 4.92 Å². The molecule has 7 heteroatoms. The first-order valence-corrected chi connectivity index (χ1v) is 6.77. The quantitative estimate of drug-likeness (QED) is 0.514. The van der Waals surface area contributed by atoms with Gasteiger partial charge in [-0.15, -0.1) is 0 Å². The summed E-state index contributed by atoms with van der Waals surface area (Å²) in [5.41, 5.74) is 0.716. The maximum absolute atomic E-state index is 11.7. The zero-order valence-electron chi connectivity index (χ0n) is 11.7. The molecule has 1 heterocycles. The average Bonchev–Trinajstić information content (AvgIpc) is 2.53. The van der Waals surface area contributed by atoms with E-state index in [-0.39, 0.29) is 17.5 Å². The smallest absolute Gasteiger partial charge is 0.292 e. The molecule has 7 nitrogen and oxygen atoms in total. The molecule has 0 aromatic heterocycles. The van der Waals surface area contributed by atoms with Gasteiger partial charge in [0.1, 0.15) is 12.0 Å². The highest BCUT2D eigenvalue weighted by Gasteiger charge is 2.26. The van der Waals surface area contributed by atoms with Gasteiger partial charge in [-0.25, -0.2) is 0 Å². The summed E-state index contributed by atoms with van der Waals surface area (Å²) in [6, 6.07) is 4.29. The number of hydrogen-bond acceptors (Lipinski definition) is 5. The molecule has 1 saturated heterocycles. The van der Waals surface area contributed by atoms with Gasteiger partial charge in [0.25, 0.3) is 11.6 Å². The van der Waals surface area contributed by atoms with Gasteiger partial charge in [-0.05, 0) is 25.0 Å². The first kappa shape index (κ1) is 15.0. The van der Waals surface area contributed by atoms with Crippen LogP contribution in [0.5, 0.6) is 0 Å². The second-order valence-electron chi connectivity index (χ2n) is 5.02. The number of piperidine rings is 1. The predicted molar refractivity (Wildman–Crippen MR) is 77.5 cm³/mol. The molecule has 0 spiro atoms. The summed E-state index contributed by atoms with van der Waals surface area (Å²) < 4.78 is 0. The van der Waals surface area contributed by atoms with Crippen molar-refractivity contribution in [1.29, 1.82) is 0 Å². The molecule has 1 fully saturated rings. The number of nitro benzene ring substituents is 1. The molecule has 0 radical (unpaired) electrons. The topological polar surface area (TPSA) is 92.5 Å². The van der Waals surface area contributed by atoms with E-state index in [2.05, 4.69) is 5.32 Å². The first-order valence-electron chi connectivity index (χ1n) is 6.77. The Morgan fingerprint density at radius 3 is 2.90 bits per heavy atom. The molecule has 1 unspecified atom stereocenters. The largest absolute Gasteiger partial charge is 0.365 e. The number of benzene rings is 1. The molecule has 0 aliphatic carbocycles. The summed E-state index contributed by atoms with van der Waals surface area (Å²) in [6.07, 6.45) is 2.48. The fraction of sp³-hybridized carbons (Fsp3) is 0.429. The highest BCUT2D eigenvalue weighted by atomic mass is 16.6. The van der Waals surface area contributed by atoms with Crippen molar-refractivity contribution in [3.63, 3.8) is 0 Å². The van der Waals surface area contributed by atoms with Gasteiger partial charge in [0.05, 0.1) is 4.92 Å². The van der Waals surface area contributed by atoms with Crippen LogP contribution < -0.4 is 10.2 Å². The molecule has 2 rings (SSSR count). The van der Waals surface area contributed by atoms with E-state index in [1.807, 2.05) is 4.90 Å². The number of aldehydes is 1. The lowest BCUT2D eigenvalue weighted by atomic mass is 9.98. The monoisotopic (exact) mass is 291 g/mol. The van der Waals surface area contributed by atoms with Gasteiger partial charge >= 0.3 is 0 Å². The van der Waals surface area contributed by atoms with E-state index in [0.717, 1.165) is 19.1 Å². The van der Waals surface area contributed by atoms with Crippen molar-refractivity contribution >= 4 is 23.6 Å². The van der Waals surface area contributed by atoms with Crippen LogP contribution in [0.15, 0.2) is 18.2 Å². The maximum Gasteiger partial charge on any atom is 0.292 e. The third-order valence-corrected chi connectivity index (χ3v) is 3.65. The standard InChI is InChI=1S/C14H17N3O4/c1-15-14(19)11-4-5-12(17(20)21)13(7-11)16-6-2-3-10(8-16)9-18/h4-5,7,9-10H,2-3,6,8H2,1H3,(H,15,19). The third-order valence-electron chi connectivity index (χ3n) is 3.65. The Balaban J connectivity index is 2.40. The molecule has 1 N–H and O–H groups in total. The maximum atomic E-state index is 11.7. The predicted octanol–water partition coefficient (Wildman–Crippen LogP) is 1.37. The van der Waals surface area contributed by atoms with Crippen molar-refractivity contribution in [2.24, 2.45) is 5.92 Å². The molecule has 21 heavy (non-hydrogen) atoms. The lowest BCUT2D eigenvalue weighted by molar-refractivity contribution is -0.384. The molecule has 1 aliphatic rings. The molecule has 1 aliphatic heterocycles. The average molecular weight is 291 g/mol. The molecule has 0 bridgehead atoms. The van der Waals surface area contributed by atoms with Crippen LogP contribution >= 0.6 is 0 Å². The fourth-order valence-corrected chi connectivity index (χ4v) is 2.56. The van der Waals surface area contributed by atoms with Gasteiger partial charge in [-0.1, -0.05) is 0 Å². The Morgan fingerprint density at radius 1 is 1.52 bits per heavy atom. The van der Waals surface area contributed by atoms with Gasteiger partial charge in [-0.3, -0.25) is 14.9 Å². The second-order valence-corrected chi connectivity index (χ2v) is 5.02. The number of anilines is 1. The van der Waals surface area contributed by atoms with Gasteiger partial charge in [0, 0.05) is 37.7 Å². The van der Waals surface area contributed by atoms with Gasteiger partial charge in [-0.2, -0.15) is 0 Å². The van der Waals surface area contributed by atoms with Crippen LogP contribution in [0.2, 0.25) is 0 Å². The number of carbonyl (C=O) groups is 2. The van der Waals surface area contributed by atoms with Crippen LogP contribution in [0.1, 0.15) is 23.2 Å². The fourth-order valence-electron chi connectivity index (χ4n) is 2.56. The Hall–Kier alpha value is -2.44. The molecule has 1 aromatic rings. The highest BCUT2D eigenvalue weighted by molar-refractivity contribution is 5.95. The summed E-state index contributed by atoms with van der Waals surface area (Å²) >= 11 is 0. The molecule has 1 aromatic carbocycles. The van der Waals surface area contributed by atoms with Crippen molar-refractivity contribution in [2.75, 3.05) is 25.0 Å². The van der Waals surface area contributed by atoms with E-state index in [1.165, 1.54) is 25.2 Å². The summed E-state index contributed by atoms with van der Waals surface area (Å²) in [5.74, 6) is -0.419. The highest BCUT2D eigenvalue weighted by Crippen LogP contribution is 2.32. The number of rotatable bonds is 4. The van der Waals surface area contributed by atoms with E-state index in [9.17, 15) is 19.7 Å². The van der Waals surface area contributed by atoms with E-state index in [0.29, 0.717) is 24.3 Å². The minimum Gasteiger partial charge on any atom is -0.365 e. The Kier molecular flexibility index (Phi) is 4.52. The van der Waals surface area contributed by atoms with Crippen LogP contribution in [-0.2, 0) is 4.79 Å². The van der Waals surface area contributed by atoms with Crippen molar-refractivity contribution < 1.29 is 14.5 Å². The van der Waals surface area contributed by atoms with Crippen LogP contribution in [0.4, 0.5) is 11.4 Å². The lowest BCUT2D eigenvalue weighted by Crippen LogP contribution is -2.36. The van der Waals surface area contributed by atoms with Gasteiger partial charge < -0.3 is 15.0 Å². The Bertz CT molecular complexity index is 573. The summed E-state index contributed by atoms with van der Waals surface area (Å²) in [7, 11) is 1.51. The second kappa shape index (κ2) is 6.34. The third kappa shape index (κ3) is 3.18. The number of nitrogens with zero attached hydrogens (tertiary/aromatic N) is 2. The summed E-state index contributed by atoms with van der Waals surface area (Å²) in [5, 5.41) is 13.7. The lowest BCUT2D eigenvalue weighted by Gasteiger charge is -2.31. The van der Waals surface area contributed by atoms with Crippen molar-refractivity contribution in [1.82, 2.24) is 5.32 Å². The number of amides is 1. The minimum absolute atomic E-state index is 0.0470. The molecule has 1 amide bonds. The number of nitro groups is 1. The molecule has 112 valence electrons. The number of hydrogen-bond donors (Lipinski definition) is 1. The van der Waals surface area contributed by atoms with Crippen LogP contribution in [0.3, 0.4) is 0 Å². The van der Waals surface area contributed by atoms with Crippen molar-refractivity contribution in [3.05, 3.63) is 33.9 Å².